The molecule has 19 heavy (non-hydrogen) atoms. The van der Waals surface area contributed by atoms with Gasteiger partial charge in [0.1, 0.15) is 0 Å². The largest absolute Gasteiger partial charge is 0.378 e. The van der Waals surface area contributed by atoms with Crippen molar-refractivity contribution in [3.05, 3.63) is 48.3 Å². The molecule has 1 heterocycles. The second-order valence-electron chi connectivity index (χ2n) is 4.96. The van der Waals surface area contributed by atoms with Gasteiger partial charge in [0.05, 0.1) is 17.9 Å². The molecule has 0 saturated heterocycles. The minimum Gasteiger partial charge on any atom is -0.378 e. The molecule has 102 valence electrons. The van der Waals surface area contributed by atoms with Crippen molar-refractivity contribution in [2.75, 3.05) is 24.3 Å². The van der Waals surface area contributed by atoms with E-state index in [1.807, 2.05) is 0 Å². The van der Waals surface area contributed by atoms with Crippen LogP contribution in [-0.2, 0) is 13.1 Å². The molecule has 2 aromatic rings. The van der Waals surface area contributed by atoms with Gasteiger partial charge in [-0.1, -0.05) is 19.1 Å². The van der Waals surface area contributed by atoms with Crippen LogP contribution < -0.4 is 10.2 Å². The van der Waals surface area contributed by atoms with E-state index in [-0.39, 0.29) is 0 Å². The molecule has 2 rings (SSSR count). The van der Waals surface area contributed by atoms with E-state index in [1.54, 1.807) is 0 Å². The normalized spacial score (nSPS) is 10.5. The van der Waals surface area contributed by atoms with Gasteiger partial charge in [-0.25, -0.2) is 0 Å². The molecule has 0 aliphatic heterocycles. The maximum atomic E-state index is 3.53. The topological polar surface area (TPSA) is 20.2 Å². The molecule has 0 aliphatic rings. The minimum absolute atomic E-state index is 0.859. The van der Waals surface area contributed by atoms with Gasteiger partial charge in [-0.15, -0.1) is 0 Å². The van der Waals surface area contributed by atoms with E-state index in [9.17, 15) is 0 Å². The predicted molar refractivity (Wildman–Crippen MR) is 82.8 cm³/mol. The van der Waals surface area contributed by atoms with E-state index in [0.717, 1.165) is 19.5 Å². The Labute approximate surface area is 115 Å². The zero-order valence-electron chi connectivity index (χ0n) is 12.1. The van der Waals surface area contributed by atoms with Gasteiger partial charge in [0.2, 0.25) is 0 Å². The third kappa shape index (κ3) is 3.31. The highest BCUT2D eigenvalue weighted by Gasteiger charge is 2.04. The van der Waals surface area contributed by atoms with Crippen molar-refractivity contribution in [2.24, 2.45) is 0 Å². The van der Waals surface area contributed by atoms with E-state index < -0.39 is 0 Å². The smallest absolute Gasteiger partial charge is 0.0596 e. The SMILES string of the molecule is CCCn1cccc1CNc1ccccc1N(C)C. The average Bonchev–Trinajstić information content (AvgIpc) is 2.84. The Balaban J connectivity index is 2.08. The molecule has 0 radical (unpaired) electrons. The predicted octanol–water partition coefficient (Wildman–Crippen LogP) is 3.58. The van der Waals surface area contributed by atoms with Crippen LogP contribution in [-0.4, -0.2) is 18.7 Å². The molecule has 0 aliphatic carbocycles. The Morgan fingerprint density at radius 3 is 2.63 bits per heavy atom. The van der Waals surface area contributed by atoms with Crippen LogP contribution in [0.4, 0.5) is 11.4 Å². The summed E-state index contributed by atoms with van der Waals surface area (Å²) in [5.41, 5.74) is 3.73. The third-order valence-electron chi connectivity index (χ3n) is 3.23. The van der Waals surface area contributed by atoms with Crippen molar-refractivity contribution in [3.8, 4) is 0 Å². The molecule has 1 aromatic carbocycles. The Morgan fingerprint density at radius 1 is 1.11 bits per heavy atom. The maximum Gasteiger partial charge on any atom is 0.0596 e. The lowest BCUT2D eigenvalue weighted by molar-refractivity contribution is 0.654. The summed E-state index contributed by atoms with van der Waals surface area (Å²) in [6.45, 7) is 4.15. The molecule has 0 atom stereocenters. The lowest BCUT2D eigenvalue weighted by Gasteiger charge is -2.18. The first-order chi connectivity index (χ1) is 9.22. The summed E-state index contributed by atoms with van der Waals surface area (Å²) in [6, 6.07) is 12.7. The van der Waals surface area contributed by atoms with Gasteiger partial charge >= 0.3 is 0 Å². The number of nitrogens with zero attached hydrogens (tertiary/aromatic N) is 2. The number of para-hydroxylation sites is 2. The molecule has 0 fully saturated rings. The number of hydrogen-bond donors (Lipinski definition) is 1. The van der Waals surface area contributed by atoms with Gasteiger partial charge in [-0.2, -0.15) is 0 Å². The lowest BCUT2D eigenvalue weighted by Crippen LogP contribution is -2.13. The summed E-state index contributed by atoms with van der Waals surface area (Å²) in [5.74, 6) is 0. The summed E-state index contributed by atoms with van der Waals surface area (Å²) in [6.07, 6.45) is 3.31. The second kappa shape index (κ2) is 6.32. The average molecular weight is 257 g/mol. The number of rotatable bonds is 6. The fourth-order valence-corrected chi connectivity index (χ4v) is 2.27. The van der Waals surface area contributed by atoms with Gasteiger partial charge < -0.3 is 14.8 Å². The molecule has 0 amide bonds. The molecule has 3 nitrogen and oxygen atoms in total. The van der Waals surface area contributed by atoms with Gasteiger partial charge in [-0.3, -0.25) is 0 Å². The fraction of sp³-hybridized carbons (Fsp3) is 0.375. The number of aryl methyl sites for hydroxylation is 1. The highest BCUT2D eigenvalue weighted by Crippen LogP contribution is 2.24. The van der Waals surface area contributed by atoms with Crippen LogP contribution in [0.15, 0.2) is 42.6 Å². The molecule has 0 spiro atoms. The van der Waals surface area contributed by atoms with Crippen LogP contribution in [0.2, 0.25) is 0 Å². The summed E-state index contributed by atoms with van der Waals surface area (Å²) in [7, 11) is 4.14. The summed E-state index contributed by atoms with van der Waals surface area (Å²) in [5, 5.41) is 3.53. The Bertz CT molecular complexity index is 514. The summed E-state index contributed by atoms with van der Waals surface area (Å²) in [4.78, 5) is 2.13. The number of nitrogens with one attached hydrogen (secondary N) is 1. The van der Waals surface area contributed by atoms with Crippen molar-refractivity contribution in [1.82, 2.24) is 4.57 Å². The van der Waals surface area contributed by atoms with Gasteiger partial charge in [0.15, 0.2) is 0 Å². The Morgan fingerprint density at radius 2 is 1.89 bits per heavy atom. The van der Waals surface area contributed by atoms with E-state index in [4.69, 9.17) is 0 Å². The van der Waals surface area contributed by atoms with E-state index >= 15 is 0 Å². The first-order valence-electron chi connectivity index (χ1n) is 6.86. The highest BCUT2D eigenvalue weighted by atomic mass is 15.1. The molecule has 0 bridgehead atoms. The highest BCUT2D eigenvalue weighted by molar-refractivity contribution is 5.69. The standard InChI is InChI=1S/C16H23N3/c1-4-11-19-12-7-8-14(19)13-17-15-9-5-6-10-16(15)18(2)3/h5-10,12,17H,4,11,13H2,1-3H3. The molecule has 3 heteroatoms. The van der Waals surface area contributed by atoms with Crippen LogP contribution >= 0.6 is 0 Å². The van der Waals surface area contributed by atoms with Crippen LogP contribution in [0, 0.1) is 0 Å². The van der Waals surface area contributed by atoms with E-state index in [1.165, 1.54) is 17.1 Å². The molecule has 1 N–H and O–H groups in total. The van der Waals surface area contributed by atoms with Crippen molar-refractivity contribution >= 4 is 11.4 Å². The van der Waals surface area contributed by atoms with Crippen molar-refractivity contribution in [1.29, 1.82) is 0 Å². The molecular weight excluding hydrogens is 234 g/mol. The van der Waals surface area contributed by atoms with Gasteiger partial charge in [0.25, 0.3) is 0 Å². The Hall–Kier alpha value is -1.90. The quantitative estimate of drug-likeness (QED) is 0.853. The number of aromatic nitrogens is 1. The van der Waals surface area contributed by atoms with Crippen LogP contribution in [0.5, 0.6) is 0 Å². The van der Waals surface area contributed by atoms with Crippen molar-refractivity contribution < 1.29 is 0 Å². The van der Waals surface area contributed by atoms with Crippen LogP contribution in [0.1, 0.15) is 19.0 Å². The molecular formula is C16H23N3. The second-order valence-corrected chi connectivity index (χ2v) is 4.96. The van der Waals surface area contributed by atoms with Crippen LogP contribution in [0.3, 0.4) is 0 Å². The van der Waals surface area contributed by atoms with Crippen LogP contribution in [0.25, 0.3) is 0 Å². The zero-order chi connectivity index (χ0) is 13.7. The van der Waals surface area contributed by atoms with Gasteiger partial charge in [-0.05, 0) is 30.7 Å². The summed E-state index contributed by atoms with van der Waals surface area (Å²) >= 11 is 0. The maximum absolute atomic E-state index is 3.53. The number of anilines is 2. The Kier molecular flexibility index (Phi) is 4.50. The monoisotopic (exact) mass is 257 g/mol. The van der Waals surface area contributed by atoms with Crippen molar-refractivity contribution in [2.45, 2.75) is 26.4 Å². The van der Waals surface area contributed by atoms with Crippen molar-refractivity contribution in [3.63, 3.8) is 0 Å². The molecule has 0 saturated carbocycles. The first kappa shape index (κ1) is 13.5. The van der Waals surface area contributed by atoms with Gasteiger partial charge in [0, 0.05) is 32.5 Å². The lowest BCUT2D eigenvalue weighted by atomic mass is 10.2. The molecule has 0 unspecified atom stereocenters. The minimum atomic E-state index is 0.859. The fourth-order valence-electron chi connectivity index (χ4n) is 2.27. The number of hydrogen-bond acceptors (Lipinski definition) is 2. The third-order valence-corrected chi connectivity index (χ3v) is 3.23. The van der Waals surface area contributed by atoms with E-state index in [0.29, 0.717) is 0 Å². The first-order valence-corrected chi connectivity index (χ1v) is 6.86. The number of benzene rings is 1. The molecule has 1 aromatic heterocycles. The zero-order valence-corrected chi connectivity index (χ0v) is 12.1. The van der Waals surface area contributed by atoms with E-state index in [2.05, 4.69) is 78.4 Å². The summed E-state index contributed by atoms with van der Waals surface area (Å²) < 4.78 is 2.31.